The smallest absolute Gasteiger partial charge is 0.307 e. The van der Waals surface area contributed by atoms with Gasteiger partial charge in [0.2, 0.25) is 5.91 Å². The summed E-state index contributed by atoms with van der Waals surface area (Å²) < 4.78 is 0. The number of nitrogens with zero attached hydrogens (tertiary/aromatic N) is 1. The second-order valence-electron chi connectivity index (χ2n) is 5.63. The molecule has 2 aliphatic rings. The van der Waals surface area contributed by atoms with Gasteiger partial charge < -0.3 is 10.0 Å². The molecule has 0 spiro atoms. The van der Waals surface area contributed by atoms with Crippen molar-refractivity contribution in [3.05, 3.63) is 12.7 Å². The Hall–Kier alpha value is -1.32. The van der Waals surface area contributed by atoms with Gasteiger partial charge in [0.1, 0.15) is 0 Å². The molecule has 4 nitrogen and oxygen atoms in total. The van der Waals surface area contributed by atoms with Crippen molar-refractivity contribution >= 4 is 11.9 Å². The summed E-state index contributed by atoms with van der Waals surface area (Å²) in [5.41, 5.74) is -0.406. The van der Waals surface area contributed by atoms with Crippen LogP contribution in [0, 0.1) is 17.3 Å². The van der Waals surface area contributed by atoms with Crippen molar-refractivity contribution < 1.29 is 14.7 Å². The quantitative estimate of drug-likeness (QED) is 0.737. The first-order valence-electron chi connectivity index (χ1n) is 6.05. The number of aliphatic carboxylic acids is 1. The standard InChI is InChI=1S/C13H19NO3/c1-4-7-14(8-5-6-8)11(15)9-10(12(16)17)13(9,2)3/h4,8-10H,1,5-7H2,2-3H3,(H,16,17). The molecule has 94 valence electrons. The van der Waals surface area contributed by atoms with Gasteiger partial charge in [-0.15, -0.1) is 6.58 Å². The molecular formula is C13H19NO3. The molecule has 1 amide bonds. The lowest BCUT2D eigenvalue weighted by Gasteiger charge is -2.21. The SMILES string of the molecule is C=CCN(C(=O)C1C(C(=O)O)C1(C)C)C1CC1. The van der Waals surface area contributed by atoms with Gasteiger partial charge >= 0.3 is 5.97 Å². The van der Waals surface area contributed by atoms with E-state index in [1.54, 1.807) is 11.0 Å². The van der Waals surface area contributed by atoms with E-state index in [1.807, 2.05) is 13.8 Å². The van der Waals surface area contributed by atoms with E-state index in [1.165, 1.54) is 0 Å². The van der Waals surface area contributed by atoms with Crippen LogP contribution in [-0.2, 0) is 9.59 Å². The molecule has 4 heteroatoms. The average molecular weight is 237 g/mol. The predicted octanol–water partition coefficient (Wildman–Crippen LogP) is 1.52. The highest BCUT2D eigenvalue weighted by Crippen LogP contribution is 2.59. The molecule has 0 heterocycles. The number of amides is 1. The first-order chi connectivity index (χ1) is 7.91. The summed E-state index contributed by atoms with van der Waals surface area (Å²) in [5.74, 6) is -1.76. The Labute approximate surface area is 101 Å². The average Bonchev–Trinajstić information content (AvgIpc) is 3.09. The zero-order valence-electron chi connectivity index (χ0n) is 10.3. The first-order valence-corrected chi connectivity index (χ1v) is 6.05. The zero-order chi connectivity index (χ0) is 12.8. The molecule has 17 heavy (non-hydrogen) atoms. The molecule has 0 saturated heterocycles. The van der Waals surface area contributed by atoms with Gasteiger partial charge in [0.15, 0.2) is 0 Å². The first kappa shape index (κ1) is 12.1. The molecule has 1 N–H and O–H groups in total. The van der Waals surface area contributed by atoms with E-state index in [2.05, 4.69) is 6.58 Å². The van der Waals surface area contributed by atoms with Gasteiger partial charge in [-0.1, -0.05) is 19.9 Å². The minimum absolute atomic E-state index is 0.00944. The number of carbonyl (C=O) groups excluding carboxylic acids is 1. The minimum Gasteiger partial charge on any atom is -0.481 e. The molecule has 0 aromatic rings. The Morgan fingerprint density at radius 2 is 2.00 bits per heavy atom. The molecule has 2 fully saturated rings. The summed E-state index contributed by atoms with van der Waals surface area (Å²) in [4.78, 5) is 25.2. The highest BCUT2D eigenvalue weighted by molar-refractivity contribution is 5.92. The van der Waals surface area contributed by atoms with Crippen LogP contribution >= 0.6 is 0 Å². The lowest BCUT2D eigenvalue weighted by atomic mass is 10.1. The van der Waals surface area contributed by atoms with E-state index >= 15 is 0 Å². The molecule has 0 aromatic carbocycles. The third kappa shape index (κ3) is 1.96. The number of hydrogen-bond acceptors (Lipinski definition) is 2. The summed E-state index contributed by atoms with van der Waals surface area (Å²) >= 11 is 0. The number of hydrogen-bond donors (Lipinski definition) is 1. The molecule has 0 bridgehead atoms. The van der Waals surface area contributed by atoms with Crippen molar-refractivity contribution in [2.24, 2.45) is 17.3 Å². The summed E-state index contributed by atoms with van der Waals surface area (Å²) in [6.45, 7) is 7.89. The van der Waals surface area contributed by atoms with Gasteiger partial charge in [-0.05, 0) is 18.3 Å². The Morgan fingerprint density at radius 3 is 2.35 bits per heavy atom. The Kier molecular flexibility index (Phi) is 2.76. The van der Waals surface area contributed by atoms with Crippen molar-refractivity contribution in [1.82, 2.24) is 4.90 Å². The van der Waals surface area contributed by atoms with Gasteiger partial charge in [-0.25, -0.2) is 0 Å². The number of carbonyl (C=O) groups is 2. The molecule has 2 unspecified atom stereocenters. The van der Waals surface area contributed by atoms with Gasteiger partial charge in [-0.3, -0.25) is 9.59 Å². The fourth-order valence-electron chi connectivity index (χ4n) is 2.68. The Bertz CT molecular complexity index is 371. The van der Waals surface area contributed by atoms with Crippen molar-refractivity contribution in [2.45, 2.75) is 32.7 Å². The lowest BCUT2D eigenvalue weighted by Crippen LogP contribution is -2.35. The maximum absolute atomic E-state index is 12.3. The molecular weight excluding hydrogens is 218 g/mol. The summed E-state index contributed by atoms with van der Waals surface area (Å²) in [7, 11) is 0. The van der Waals surface area contributed by atoms with E-state index in [0.717, 1.165) is 12.8 Å². The van der Waals surface area contributed by atoms with E-state index in [4.69, 9.17) is 5.11 Å². The molecule has 0 aliphatic heterocycles. The Morgan fingerprint density at radius 1 is 1.41 bits per heavy atom. The predicted molar refractivity (Wildman–Crippen MR) is 63.3 cm³/mol. The van der Waals surface area contributed by atoms with E-state index in [-0.39, 0.29) is 11.8 Å². The van der Waals surface area contributed by atoms with E-state index in [9.17, 15) is 9.59 Å². The number of carboxylic acid groups (broad SMARTS) is 1. The van der Waals surface area contributed by atoms with Crippen LogP contribution in [0.4, 0.5) is 0 Å². The topological polar surface area (TPSA) is 57.6 Å². The Balaban J connectivity index is 2.09. The summed E-state index contributed by atoms with van der Waals surface area (Å²) in [5, 5.41) is 9.08. The molecule has 2 atom stereocenters. The van der Waals surface area contributed by atoms with Crippen LogP contribution in [-0.4, -0.2) is 34.5 Å². The van der Waals surface area contributed by atoms with Crippen molar-refractivity contribution in [3.8, 4) is 0 Å². The fourth-order valence-corrected chi connectivity index (χ4v) is 2.68. The van der Waals surface area contributed by atoms with Crippen LogP contribution < -0.4 is 0 Å². The van der Waals surface area contributed by atoms with Gasteiger partial charge in [0.25, 0.3) is 0 Å². The second kappa shape index (κ2) is 3.86. The second-order valence-corrected chi connectivity index (χ2v) is 5.63. The number of carboxylic acids is 1. The van der Waals surface area contributed by atoms with Crippen molar-refractivity contribution in [2.75, 3.05) is 6.54 Å². The van der Waals surface area contributed by atoms with Crippen molar-refractivity contribution in [3.63, 3.8) is 0 Å². The van der Waals surface area contributed by atoms with Crippen LogP contribution in [0.5, 0.6) is 0 Å². The molecule has 0 aromatic heterocycles. The molecule has 2 aliphatic carbocycles. The van der Waals surface area contributed by atoms with Gasteiger partial charge in [0, 0.05) is 12.6 Å². The van der Waals surface area contributed by atoms with Crippen LogP contribution in [0.2, 0.25) is 0 Å². The maximum Gasteiger partial charge on any atom is 0.307 e. The summed E-state index contributed by atoms with van der Waals surface area (Å²) in [6.07, 6.45) is 3.77. The van der Waals surface area contributed by atoms with Crippen LogP contribution in [0.25, 0.3) is 0 Å². The van der Waals surface area contributed by atoms with E-state index < -0.39 is 17.3 Å². The van der Waals surface area contributed by atoms with Gasteiger partial charge in [0.05, 0.1) is 11.8 Å². The lowest BCUT2D eigenvalue weighted by molar-refractivity contribution is -0.142. The van der Waals surface area contributed by atoms with Crippen LogP contribution in [0.1, 0.15) is 26.7 Å². The third-order valence-corrected chi connectivity index (χ3v) is 3.96. The van der Waals surface area contributed by atoms with Crippen molar-refractivity contribution in [1.29, 1.82) is 0 Å². The maximum atomic E-state index is 12.3. The number of rotatable bonds is 5. The fraction of sp³-hybridized carbons (Fsp3) is 0.692. The highest BCUT2D eigenvalue weighted by atomic mass is 16.4. The monoisotopic (exact) mass is 237 g/mol. The minimum atomic E-state index is -0.859. The molecule has 0 radical (unpaired) electrons. The largest absolute Gasteiger partial charge is 0.481 e. The highest BCUT2D eigenvalue weighted by Gasteiger charge is 2.67. The van der Waals surface area contributed by atoms with Crippen LogP contribution in [0.15, 0.2) is 12.7 Å². The van der Waals surface area contributed by atoms with Crippen LogP contribution in [0.3, 0.4) is 0 Å². The third-order valence-electron chi connectivity index (χ3n) is 3.96. The van der Waals surface area contributed by atoms with Gasteiger partial charge in [-0.2, -0.15) is 0 Å². The molecule has 2 rings (SSSR count). The molecule has 2 saturated carbocycles. The summed E-state index contributed by atoms with van der Waals surface area (Å²) in [6, 6.07) is 0.311. The normalized spacial score (nSPS) is 29.5. The van der Waals surface area contributed by atoms with E-state index in [0.29, 0.717) is 12.6 Å². The zero-order valence-corrected chi connectivity index (χ0v) is 10.3.